The molecule has 2 aromatic rings. The summed E-state index contributed by atoms with van der Waals surface area (Å²) in [6, 6.07) is 8.69. The van der Waals surface area contributed by atoms with Crippen LogP contribution in [0.25, 0.3) is 10.9 Å². The third kappa shape index (κ3) is 6.01. The minimum absolute atomic E-state index is 0.169. The number of pyridine rings is 1. The zero-order chi connectivity index (χ0) is 25.5. The van der Waals surface area contributed by atoms with Crippen molar-refractivity contribution in [1.29, 1.82) is 5.26 Å². The summed E-state index contributed by atoms with van der Waals surface area (Å²) >= 11 is 0. The second kappa shape index (κ2) is 11.7. The number of hydrogen-bond donors (Lipinski definition) is 2. The highest BCUT2D eigenvalue weighted by atomic mass is 16.5. The quantitative estimate of drug-likeness (QED) is 0.527. The van der Waals surface area contributed by atoms with Crippen molar-refractivity contribution in [2.75, 3.05) is 52.4 Å². The van der Waals surface area contributed by atoms with E-state index in [2.05, 4.69) is 21.3 Å². The van der Waals surface area contributed by atoms with Crippen LogP contribution in [0.1, 0.15) is 29.6 Å². The van der Waals surface area contributed by atoms with Gasteiger partial charge in [-0.1, -0.05) is 0 Å². The van der Waals surface area contributed by atoms with E-state index in [1.807, 2.05) is 6.07 Å². The number of nitrogens with zero attached hydrogens (tertiary/aromatic N) is 5. The molecule has 0 spiro atoms. The second-order valence-electron chi connectivity index (χ2n) is 8.91. The summed E-state index contributed by atoms with van der Waals surface area (Å²) in [5, 5.41) is 21.5. The Labute approximate surface area is 209 Å². The number of carbonyl (C=O) groups is 3. The van der Waals surface area contributed by atoms with E-state index in [4.69, 9.17) is 9.84 Å². The number of piperazine rings is 1. The highest BCUT2D eigenvalue weighted by Crippen LogP contribution is 2.23. The monoisotopic (exact) mass is 494 g/mol. The summed E-state index contributed by atoms with van der Waals surface area (Å²) in [6.45, 7) is 4.11. The van der Waals surface area contributed by atoms with Gasteiger partial charge < -0.3 is 25.0 Å². The molecule has 0 aliphatic carbocycles. The topological polar surface area (TPSA) is 139 Å². The Kier molecular flexibility index (Phi) is 8.17. The number of benzene rings is 1. The number of ether oxygens (including phenoxy) is 1. The Hall–Kier alpha value is -3.91. The van der Waals surface area contributed by atoms with Gasteiger partial charge in [-0.25, -0.2) is 4.79 Å². The minimum atomic E-state index is -0.873. The van der Waals surface area contributed by atoms with Gasteiger partial charge in [-0.2, -0.15) is 5.26 Å². The number of amides is 3. The Morgan fingerprint density at radius 1 is 1.17 bits per heavy atom. The van der Waals surface area contributed by atoms with Crippen LogP contribution in [0.4, 0.5) is 4.79 Å². The molecule has 2 N–H and O–H groups in total. The van der Waals surface area contributed by atoms with Crippen molar-refractivity contribution >= 4 is 28.8 Å². The van der Waals surface area contributed by atoms with Crippen LogP contribution in [0.3, 0.4) is 0 Å². The first-order valence-corrected chi connectivity index (χ1v) is 12.2. The molecule has 3 amide bonds. The maximum absolute atomic E-state index is 12.9. The van der Waals surface area contributed by atoms with Crippen LogP contribution >= 0.6 is 0 Å². The molecule has 1 aromatic heterocycles. The number of rotatable bonds is 8. The van der Waals surface area contributed by atoms with E-state index < -0.39 is 12.1 Å². The molecule has 0 bridgehead atoms. The Morgan fingerprint density at radius 2 is 1.97 bits per heavy atom. The number of fused-ring (bicyclic) bond motifs is 1. The molecule has 2 fully saturated rings. The van der Waals surface area contributed by atoms with Crippen LogP contribution < -0.4 is 10.1 Å². The summed E-state index contributed by atoms with van der Waals surface area (Å²) in [5.74, 6) is -0.0366. The zero-order valence-corrected chi connectivity index (χ0v) is 20.1. The average molecular weight is 495 g/mol. The molecule has 1 atom stereocenters. The number of nitriles is 1. The molecule has 36 heavy (non-hydrogen) atoms. The lowest BCUT2D eigenvalue weighted by Gasteiger charge is -2.32. The number of aromatic nitrogens is 1. The Bertz CT molecular complexity index is 1160. The second-order valence-corrected chi connectivity index (χ2v) is 8.91. The van der Waals surface area contributed by atoms with Crippen molar-refractivity contribution in [1.82, 2.24) is 25.0 Å². The molecule has 4 rings (SSSR count). The van der Waals surface area contributed by atoms with Crippen molar-refractivity contribution in [3.8, 4) is 11.8 Å². The first-order valence-electron chi connectivity index (χ1n) is 12.2. The predicted octanol–water partition coefficient (Wildman–Crippen LogP) is 1.54. The largest absolute Gasteiger partial charge is 0.494 e. The van der Waals surface area contributed by atoms with Crippen LogP contribution in [0, 0.1) is 11.3 Å². The van der Waals surface area contributed by atoms with Crippen molar-refractivity contribution < 1.29 is 24.2 Å². The number of carbonyl (C=O) groups excluding carboxylic acids is 2. The standard InChI is InChI=1S/C25H30N6O5/c26-16-18-3-1-9-31(18)23(32)17-28-24(33)20-6-7-27-22-5-4-19(15-21(20)22)36-14-2-8-29-10-12-30(13-11-29)25(34)35/h4-7,15,18H,1-3,8-14,17H2,(H,28,33)(H,34,35). The fourth-order valence-corrected chi connectivity index (χ4v) is 4.61. The van der Waals surface area contributed by atoms with Crippen LogP contribution in [0.5, 0.6) is 5.75 Å². The highest BCUT2D eigenvalue weighted by Gasteiger charge is 2.28. The van der Waals surface area contributed by atoms with Gasteiger partial charge >= 0.3 is 6.09 Å². The van der Waals surface area contributed by atoms with Gasteiger partial charge in [0.25, 0.3) is 5.91 Å². The first kappa shape index (κ1) is 25.2. The normalized spacial score (nSPS) is 18.1. The van der Waals surface area contributed by atoms with E-state index in [0.29, 0.717) is 68.0 Å². The predicted molar refractivity (Wildman–Crippen MR) is 131 cm³/mol. The van der Waals surface area contributed by atoms with E-state index in [-0.39, 0.29) is 18.4 Å². The van der Waals surface area contributed by atoms with Gasteiger partial charge in [0.1, 0.15) is 11.8 Å². The van der Waals surface area contributed by atoms with E-state index in [0.717, 1.165) is 19.4 Å². The van der Waals surface area contributed by atoms with E-state index >= 15 is 0 Å². The van der Waals surface area contributed by atoms with E-state index in [1.54, 1.807) is 24.4 Å². The molecule has 0 saturated carbocycles. The molecular weight excluding hydrogens is 464 g/mol. The van der Waals surface area contributed by atoms with Gasteiger partial charge in [0, 0.05) is 50.9 Å². The van der Waals surface area contributed by atoms with Crippen LogP contribution in [0.15, 0.2) is 30.5 Å². The molecular formula is C25H30N6O5. The molecule has 11 nitrogen and oxygen atoms in total. The van der Waals surface area contributed by atoms with Crippen LogP contribution in [0.2, 0.25) is 0 Å². The lowest BCUT2D eigenvalue weighted by atomic mass is 10.1. The molecule has 3 heterocycles. The van der Waals surface area contributed by atoms with E-state index in [1.165, 1.54) is 9.80 Å². The maximum Gasteiger partial charge on any atom is 0.407 e. The van der Waals surface area contributed by atoms with Gasteiger partial charge in [-0.15, -0.1) is 0 Å². The summed E-state index contributed by atoms with van der Waals surface area (Å²) < 4.78 is 5.91. The SMILES string of the molecule is N#CC1CCCN1C(=O)CNC(=O)c1ccnc2ccc(OCCCN3CCN(C(=O)O)CC3)cc12. The van der Waals surface area contributed by atoms with Crippen LogP contribution in [-0.4, -0.2) is 101 Å². The number of nitrogens with one attached hydrogen (secondary N) is 1. The third-order valence-corrected chi connectivity index (χ3v) is 6.61. The molecule has 2 aliphatic rings. The first-order chi connectivity index (χ1) is 17.5. The van der Waals surface area contributed by atoms with Crippen molar-refractivity contribution in [3.05, 3.63) is 36.0 Å². The Morgan fingerprint density at radius 3 is 2.72 bits per heavy atom. The van der Waals surface area contributed by atoms with Crippen LogP contribution in [-0.2, 0) is 4.79 Å². The number of hydrogen-bond acceptors (Lipinski definition) is 7. The smallest absolute Gasteiger partial charge is 0.407 e. The van der Waals surface area contributed by atoms with Gasteiger partial charge in [0.05, 0.1) is 30.3 Å². The zero-order valence-electron chi connectivity index (χ0n) is 20.1. The number of carboxylic acid groups (broad SMARTS) is 1. The summed E-state index contributed by atoms with van der Waals surface area (Å²) in [7, 11) is 0. The maximum atomic E-state index is 12.9. The fourth-order valence-electron chi connectivity index (χ4n) is 4.61. The molecule has 2 aliphatic heterocycles. The highest BCUT2D eigenvalue weighted by molar-refractivity contribution is 6.07. The lowest BCUT2D eigenvalue weighted by Crippen LogP contribution is -2.48. The molecule has 0 radical (unpaired) electrons. The molecule has 2 saturated heterocycles. The Balaban J connectivity index is 1.30. The van der Waals surface area contributed by atoms with Gasteiger partial charge in [-0.05, 0) is 43.5 Å². The molecule has 1 aromatic carbocycles. The third-order valence-electron chi connectivity index (χ3n) is 6.61. The summed E-state index contributed by atoms with van der Waals surface area (Å²) in [6.07, 6.45) is 2.92. The van der Waals surface area contributed by atoms with Gasteiger partial charge in [0.2, 0.25) is 5.91 Å². The molecule has 190 valence electrons. The summed E-state index contributed by atoms with van der Waals surface area (Å²) in [5.41, 5.74) is 1.04. The van der Waals surface area contributed by atoms with Crippen molar-refractivity contribution in [3.63, 3.8) is 0 Å². The van der Waals surface area contributed by atoms with Gasteiger partial charge in [-0.3, -0.25) is 19.5 Å². The minimum Gasteiger partial charge on any atom is -0.494 e. The van der Waals surface area contributed by atoms with Gasteiger partial charge in [0.15, 0.2) is 0 Å². The van der Waals surface area contributed by atoms with E-state index in [9.17, 15) is 19.6 Å². The summed E-state index contributed by atoms with van der Waals surface area (Å²) in [4.78, 5) is 45.8. The number of likely N-dealkylation sites (tertiary alicyclic amines) is 1. The lowest BCUT2D eigenvalue weighted by molar-refractivity contribution is -0.130. The molecule has 1 unspecified atom stereocenters. The van der Waals surface area contributed by atoms with Crippen molar-refractivity contribution in [2.45, 2.75) is 25.3 Å². The molecule has 11 heteroatoms. The average Bonchev–Trinajstić information content (AvgIpc) is 3.38. The van der Waals surface area contributed by atoms with Crippen molar-refractivity contribution in [2.24, 2.45) is 0 Å². The fraction of sp³-hybridized carbons (Fsp3) is 0.480.